The van der Waals surface area contributed by atoms with Crippen LogP contribution in [0.15, 0.2) is 35.2 Å². The van der Waals surface area contributed by atoms with Gasteiger partial charge in [-0.2, -0.15) is 0 Å². The first-order valence-electron chi connectivity index (χ1n) is 5.43. The molecule has 0 fully saturated rings. The summed E-state index contributed by atoms with van der Waals surface area (Å²) >= 11 is 17.4. The van der Waals surface area contributed by atoms with E-state index in [1.807, 2.05) is 0 Å². The Balaban J connectivity index is 2.49. The van der Waals surface area contributed by atoms with Gasteiger partial charge < -0.3 is 5.73 Å². The lowest BCUT2D eigenvalue weighted by molar-refractivity contribution is 0.601. The second-order valence-corrected chi connectivity index (χ2v) is 6.85. The van der Waals surface area contributed by atoms with Crippen LogP contribution in [0.1, 0.15) is 0 Å². The molecule has 0 saturated carbocycles. The van der Waals surface area contributed by atoms with Gasteiger partial charge in [-0.05, 0) is 30.3 Å². The maximum atomic E-state index is 13.2. The Morgan fingerprint density at radius 1 is 1.05 bits per heavy atom. The van der Waals surface area contributed by atoms with Crippen LogP contribution in [-0.2, 0) is 10.0 Å². The molecule has 21 heavy (non-hydrogen) atoms. The summed E-state index contributed by atoms with van der Waals surface area (Å²) in [5.41, 5.74) is 5.41. The first-order chi connectivity index (χ1) is 9.72. The molecule has 112 valence electrons. The van der Waals surface area contributed by atoms with Gasteiger partial charge in [-0.1, -0.05) is 34.8 Å². The van der Waals surface area contributed by atoms with E-state index in [2.05, 4.69) is 4.72 Å². The number of hydrogen-bond donors (Lipinski definition) is 2. The predicted molar refractivity (Wildman–Crippen MR) is 83.1 cm³/mol. The SMILES string of the molecule is Nc1c(Cl)ccc(S(=O)(=O)Nc2cc(F)ccc2Cl)c1Cl. The molecule has 0 aliphatic rings. The highest BCUT2D eigenvalue weighted by molar-refractivity contribution is 7.92. The molecular weight excluding hydrogens is 362 g/mol. The first-order valence-corrected chi connectivity index (χ1v) is 8.05. The van der Waals surface area contributed by atoms with Crippen molar-refractivity contribution >= 4 is 56.2 Å². The number of halogens is 4. The Bertz CT molecular complexity index is 812. The van der Waals surface area contributed by atoms with Crippen LogP contribution in [0, 0.1) is 5.82 Å². The average molecular weight is 370 g/mol. The normalized spacial score (nSPS) is 11.4. The smallest absolute Gasteiger partial charge is 0.263 e. The van der Waals surface area contributed by atoms with Crippen LogP contribution in [0.25, 0.3) is 0 Å². The molecule has 0 radical (unpaired) electrons. The van der Waals surface area contributed by atoms with Crippen molar-refractivity contribution in [2.24, 2.45) is 0 Å². The molecule has 2 rings (SSSR count). The summed E-state index contributed by atoms with van der Waals surface area (Å²) in [6.07, 6.45) is 0. The summed E-state index contributed by atoms with van der Waals surface area (Å²) in [4.78, 5) is -0.286. The van der Waals surface area contributed by atoms with Gasteiger partial charge in [0.15, 0.2) is 0 Å². The van der Waals surface area contributed by atoms with Crippen molar-refractivity contribution in [2.75, 3.05) is 10.5 Å². The highest BCUT2D eigenvalue weighted by Crippen LogP contribution is 2.34. The zero-order valence-electron chi connectivity index (χ0n) is 10.2. The number of nitrogen functional groups attached to an aromatic ring is 1. The number of hydrogen-bond acceptors (Lipinski definition) is 3. The number of sulfonamides is 1. The summed E-state index contributed by atoms with van der Waals surface area (Å²) in [6.45, 7) is 0. The molecule has 0 aliphatic carbocycles. The highest BCUT2D eigenvalue weighted by atomic mass is 35.5. The lowest BCUT2D eigenvalue weighted by Crippen LogP contribution is -2.14. The van der Waals surface area contributed by atoms with E-state index in [4.69, 9.17) is 40.5 Å². The van der Waals surface area contributed by atoms with Crippen molar-refractivity contribution in [3.8, 4) is 0 Å². The third-order valence-electron chi connectivity index (χ3n) is 2.55. The molecule has 9 heteroatoms. The van der Waals surface area contributed by atoms with Crippen molar-refractivity contribution in [2.45, 2.75) is 4.90 Å². The quantitative estimate of drug-likeness (QED) is 0.798. The second kappa shape index (κ2) is 5.88. The number of anilines is 2. The topological polar surface area (TPSA) is 72.2 Å². The van der Waals surface area contributed by atoms with Crippen molar-refractivity contribution in [1.82, 2.24) is 0 Å². The van der Waals surface area contributed by atoms with Crippen molar-refractivity contribution in [1.29, 1.82) is 0 Å². The minimum absolute atomic E-state index is 0.0398. The number of nitrogens with two attached hydrogens (primary N) is 1. The molecule has 0 bridgehead atoms. The molecule has 0 heterocycles. The Kier molecular flexibility index (Phi) is 4.53. The molecule has 0 amide bonds. The molecular formula is C12H8Cl3FN2O2S. The van der Waals surface area contributed by atoms with Crippen LogP contribution < -0.4 is 10.5 Å². The minimum atomic E-state index is -4.09. The standard InChI is InChI=1S/C12H8Cl3FN2O2S/c13-7-2-1-6(16)5-9(7)18-21(19,20)10-4-3-8(14)12(17)11(10)15/h1-5,18H,17H2. The van der Waals surface area contributed by atoms with Crippen LogP contribution in [0.3, 0.4) is 0 Å². The van der Waals surface area contributed by atoms with Gasteiger partial charge in [-0.3, -0.25) is 4.72 Å². The summed E-state index contributed by atoms with van der Waals surface area (Å²) in [5, 5.41) is -0.0525. The molecule has 0 unspecified atom stereocenters. The van der Waals surface area contributed by atoms with E-state index in [1.54, 1.807) is 0 Å². The molecule has 2 aromatic carbocycles. The van der Waals surface area contributed by atoms with Crippen molar-refractivity contribution in [3.63, 3.8) is 0 Å². The van der Waals surface area contributed by atoms with Gasteiger partial charge in [0.25, 0.3) is 10.0 Å². The van der Waals surface area contributed by atoms with Crippen LogP contribution in [0.5, 0.6) is 0 Å². The molecule has 0 spiro atoms. The summed E-state index contributed by atoms with van der Waals surface area (Å²) < 4.78 is 39.9. The van der Waals surface area contributed by atoms with Crippen LogP contribution in [-0.4, -0.2) is 8.42 Å². The zero-order chi connectivity index (χ0) is 15.8. The van der Waals surface area contributed by atoms with Gasteiger partial charge in [0.2, 0.25) is 0 Å². The lowest BCUT2D eigenvalue weighted by atomic mass is 10.3. The minimum Gasteiger partial charge on any atom is -0.396 e. The molecule has 2 aromatic rings. The van der Waals surface area contributed by atoms with E-state index in [0.717, 1.165) is 12.1 Å². The first kappa shape index (κ1) is 16.2. The molecule has 3 N–H and O–H groups in total. The van der Waals surface area contributed by atoms with Gasteiger partial charge in [-0.25, -0.2) is 12.8 Å². The van der Waals surface area contributed by atoms with E-state index in [-0.39, 0.29) is 31.3 Å². The molecule has 0 aromatic heterocycles. The Labute approximate surface area is 135 Å². The lowest BCUT2D eigenvalue weighted by Gasteiger charge is -2.12. The van der Waals surface area contributed by atoms with E-state index in [9.17, 15) is 12.8 Å². The number of benzene rings is 2. The third-order valence-corrected chi connectivity index (χ3v) is 5.14. The Hall–Kier alpha value is -1.21. The molecule has 0 aliphatic heterocycles. The van der Waals surface area contributed by atoms with Gasteiger partial charge >= 0.3 is 0 Å². The maximum absolute atomic E-state index is 13.2. The van der Waals surface area contributed by atoms with Gasteiger partial charge in [-0.15, -0.1) is 0 Å². The van der Waals surface area contributed by atoms with E-state index >= 15 is 0 Å². The molecule has 0 atom stereocenters. The zero-order valence-corrected chi connectivity index (χ0v) is 13.3. The van der Waals surface area contributed by atoms with Crippen molar-refractivity contribution < 1.29 is 12.8 Å². The fraction of sp³-hybridized carbons (Fsp3) is 0. The average Bonchev–Trinajstić information content (AvgIpc) is 2.39. The van der Waals surface area contributed by atoms with Gasteiger partial charge in [0, 0.05) is 0 Å². The molecule has 4 nitrogen and oxygen atoms in total. The second-order valence-electron chi connectivity index (χ2n) is 4.00. The van der Waals surface area contributed by atoms with Crippen LogP contribution >= 0.6 is 34.8 Å². The Morgan fingerprint density at radius 3 is 2.33 bits per heavy atom. The third kappa shape index (κ3) is 3.35. The predicted octanol–water partition coefficient (Wildman–Crippen LogP) is 4.17. The summed E-state index contributed by atoms with van der Waals surface area (Å²) in [5.74, 6) is -0.640. The van der Waals surface area contributed by atoms with Crippen LogP contribution in [0.2, 0.25) is 15.1 Å². The molecule has 0 saturated heterocycles. The Morgan fingerprint density at radius 2 is 1.67 bits per heavy atom. The number of nitrogens with one attached hydrogen (secondary N) is 1. The summed E-state index contributed by atoms with van der Waals surface area (Å²) in [6, 6.07) is 5.77. The number of rotatable bonds is 3. The van der Waals surface area contributed by atoms with Crippen molar-refractivity contribution in [3.05, 3.63) is 51.2 Å². The summed E-state index contributed by atoms with van der Waals surface area (Å²) in [7, 11) is -4.09. The largest absolute Gasteiger partial charge is 0.396 e. The monoisotopic (exact) mass is 368 g/mol. The maximum Gasteiger partial charge on any atom is 0.263 e. The fourth-order valence-corrected chi connectivity index (χ4v) is 3.59. The van der Waals surface area contributed by atoms with E-state index in [1.165, 1.54) is 18.2 Å². The highest BCUT2D eigenvalue weighted by Gasteiger charge is 2.22. The van der Waals surface area contributed by atoms with E-state index < -0.39 is 15.8 Å². The van der Waals surface area contributed by atoms with Gasteiger partial charge in [0.1, 0.15) is 10.7 Å². The van der Waals surface area contributed by atoms with E-state index in [0.29, 0.717) is 0 Å². The fourth-order valence-electron chi connectivity index (χ4n) is 1.53. The van der Waals surface area contributed by atoms with Crippen LogP contribution in [0.4, 0.5) is 15.8 Å². The van der Waals surface area contributed by atoms with Gasteiger partial charge in [0.05, 0.1) is 26.4 Å².